The number of nitrogens with one attached hydrogen (secondary N) is 2. The summed E-state index contributed by atoms with van der Waals surface area (Å²) in [6, 6.07) is 7.66. The molecule has 0 saturated heterocycles. The Bertz CT molecular complexity index is 578. The molecule has 1 aliphatic rings. The zero-order chi connectivity index (χ0) is 17.4. The average molecular weight is 460 g/mol. The summed E-state index contributed by atoms with van der Waals surface area (Å²) in [7, 11) is 1.77. The maximum absolute atomic E-state index is 12.1. The Morgan fingerprint density at radius 2 is 2.00 bits per heavy atom. The van der Waals surface area contributed by atoms with Crippen LogP contribution in [0.2, 0.25) is 0 Å². The van der Waals surface area contributed by atoms with Gasteiger partial charge >= 0.3 is 0 Å². The summed E-state index contributed by atoms with van der Waals surface area (Å²) in [5, 5.41) is 6.59. The number of hydrogen-bond acceptors (Lipinski definition) is 3. The van der Waals surface area contributed by atoms with Crippen molar-refractivity contribution < 1.29 is 9.53 Å². The number of benzene rings is 1. The fraction of sp³-hybridized carbons (Fsp3) is 0.556. The molecule has 0 spiro atoms. The van der Waals surface area contributed by atoms with E-state index in [9.17, 15) is 4.79 Å². The number of anilines is 1. The molecule has 6 nitrogen and oxygen atoms in total. The summed E-state index contributed by atoms with van der Waals surface area (Å²) in [6.07, 6.45) is 1.95. The average Bonchev–Trinajstić information content (AvgIpc) is 2.58. The predicted molar refractivity (Wildman–Crippen MR) is 113 cm³/mol. The van der Waals surface area contributed by atoms with Gasteiger partial charge < -0.3 is 20.3 Å². The molecule has 0 atom stereocenters. The van der Waals surface area contributed by atoms with E-state index in [1.54, 1.807) is 11.9 Å². The smallest absolute Gasteiger partial charge is 0.265 e. The van der Waals surface area contributed by atoms with Crippen molar-refractivity contribution in [3.63, 3.8) is 0 Å². The lowest BCUT2D eigenvalue weighted by atomic mass is 10.1. The van der Waals surface area contributed by atoms with E-state index in [1.807, 2.05) is 24.3 Å². The van der Waals surface area contributed by atoms with Crippen LogP contribution in [-0.4, -0.2) is 45.2 Å². The maximum atomic E-state index is 12.1. The highest BCUT2D eigenvalue weighted by Gasteiger charge is 2.24. The van der Waals surface area contributed by atoms with Crippen LogP contribution in [0.5, 0.6) is 5.75 Å². The van der Waals surface area contributed by atoms with Crippen LogP contribution < -0.4 is 20.3 Å². The SMILES string of the molecule is CN=C(NCCCN1C(=O)COc2ccccc21)NCCC(C)C.I. The Labute approximate surface area is 167 Å². The molecular formula is C18H29IN4O2. The van der Waals surface area contributed by atoms with Crippen LogP contribution in [0.15, 0.2) is 29.3 Å². The molecule has 0 radical (unpaired) electrons. The van der Waals surface area contributed by atoms with Gasteiger partial charge in [-0.3, -0.25) is 9.79 Å². The topological polar surface area (TPSA) is 66.0 Å². The Morgan fingerprint density at radius 3 is 2.72 bits per heavy atom. The van der Waals surface area contributed by atoms with Crippen molar-refractivity contribution in [2.24, 2.45) is 10.9 Å². The Morgan fingerprint density at radius 1 is 1.28 bits per heavy atom. The minimum Gasteiger partial charge on any atom is -0.482 e. The maximum Gasteiger partial charge on any atom is 0.265 e. The Kier molecular flexibility index (Phi) is 9.62. The highest BCUT2D eigenvalue weighted by atomic mass is 127. The molecule has 25 heavy (non-hydrogen) atoms. The molecule has 1 aromatic carbocycles. The molecule has 1 amide bonds. The van der Waals surface area contributed by atoms with Gasteiger partial charge in [-0.2, -0.15) is 0 Å². The molecule has 1 heterocycles. The zero-order valence-corrected chi connectivity index (χ0v) is 17.6. The molecule has 2 rings (SSSR count). The standard InChI is InChI=1S/C18H28N4O2.HI/c1-14(2)9-11-21-18(19-3)20-10-6-12-22-15-7-4-5-8-16(15)24-13-17(22)23;/h4-5,7-8,14H,6,9-13H2,1-3H3,(H2,19,20,21);1H. The van der Waals surface area contributed by atoms with E-state index in [1.165, 1.54) is 0 Å². The number of amides is 1. The van der Waals surface area contributed by atoms with Crippen molar-refractivity contribution in [1.29, 1.82) is 0 Å². The third-order valence-electron chi connectivity index (χ3n) is 3.90. The summed E-state index contributed by atoms with van der Waals surface area (Å²) in [6.45, 7) is 6.85. The second-order valence-electron chi connectivity index (χ2n) is 6.26. The number of ether oxygens (including phenoxy) is 1. The number of nitrogens with zero attached hydrogens (tertiary/aromatic N) is 2. The van der Waals surface area contributed by atoms with E-state index < -0.39 is 0 Å². The highest BCUT2D eigenvalue weighted by Crippen LogP contribution is 2.31. The minimum absolute atomic E-state index is 0. The highest BCUT2D eigenvalue weighted by molar-refractivity contribution is 14.0. The Balaban J connectivity index is 0.00000312. The lowest BCUT2D eigenvalue weighted by Crippen LogP contribution is -2.42. The zero-order valence-electron chi connectivity index (χ0n) is 15.2. The summed E-state index contributed by atoms with van der Waals surface area (Å²) < 4.78 is 5.46. The van der Waals surface area contributed by atoms with Gasteiger partial charge in [-0.25, -0.2) is 0 Å². The van der Waals surface area contributed by atoms with Gasteiger partial charge in [0.25, 0.3) is 5.91 Å². The summed E-state index contributed by atoms with van der Waals surface area (Å²) in [5.74, 6) is 2.26. The molecule has 0 aromatic heterocycles. The van der Waals surface area contributed by atoms with Crippen LogP contribution in [0.4, 0.5) is 5.69 Å². The van der Waals surface area contributed by atoms with Crippen LogP contribution in [0.3, 0.4) is 0 Å². The Hall–Kier alpha value is -1.51. The molecule has 0 saturated carbocycles. The number of hydrogen-bond donors (Lipinski definition) is 2. The number of para-hydroxylation sites is 2. The van der Waals surface area contributed by atoms with Gasteiger partial charge in [0.1, 0.15) is 5.75 Å². The summed E-state index contributed by atoms with van der Waals surface area (Å²) in [4.78, 5) is 18.1. The molecule has 1 aliphatic heterocycles. The van der Waals surface area contributed by atoms with Crippen molar-refractivity contribution >= 4 is 41.5 Å². The van der Waals surface area contributed by atoms with Gasteiger partial charge in [0.2, 0.25) is 0 Å². The van der Waals surface area contributed by atoms with Crippen LogP contribution in [-0.2, 0) is 4.79 Å². The van der Waals surface area contributed by atoms with Crippen molar-refractivity contribution in [3.8, 4) is 5.75 Å². The summed E-state index contributed by atoms with van der Waals surface area (Å²) in [5.41, 5.74) is 0.855. The second kappa shape index (κ2) is 11.2. The van der Waals surface area contributed by atoms with Crippen LogP contribution >= 0.6 is 24.0 Å². The number of aliphatic imine (C=N–C) groups is 1. The fourth-order valence-electron chi connectivity index (χ4n) is 2.54. The molecule has 7 heteroatoms. The summed E-state index contributed by atoms with van der Waals surface area (Å²) >= 11 is 0. The van der Waals surface area contributed by atoms with Crippen LogP contribution in [0, 0.1) is 5.92 Å². The van der Waals surface area contributed by atoms with Gasteiger partial charge in [-0.05, 0) is 30.9 Å². The van der Waals surface area contributed by atoms with Crippen molar-refractivity contribution in [2.75, 3.05) is 38.2 Å². The molecular weight excluding hydrogens is 431 g/mol. The molecule has 2 N–H and O–H groups in total. The molecule has 0 unspecified atom stereocenters. The lowest BCUT2D eigenvalue weighted by molar-refractivity contribution is -0.121. The molecule has 0 bridgehead atoms. The number of fused-ring (bicyclic) bond motifs is 1. The fourth-order valence-corrected chi connectivity index (χ4v) is 2.54. The first-order valence-electron chi connectivity index (χ1n) is 8.58. The van der Waals surface area contributed by atoms with Crippen molar-refractivity contribution in [3.05, 3.63) is 24.3 Å². The number of carbonyl (C=O) groups is 1. The number of rotatable bonds is 7. The first-order chi connectivity index (χ1) is 11.6. The van der Waals surface area contributed by atoms with E-state index in [4.69, 9.17) is 4.74 Å². The number of carbonyl (C=O) groups excluding carboxylic acids is 1. The lowest BCUT2D eigenvalue weighted by Gasteiger charge is -2.29. The molecule has 1 aromatic rings. The van der Waals surface area contributed by atoms with Gasteiger partial charge in [-0.1, -0.05) is 26.0 Å². The first kappa shape index (κ1) is 21.5. The number of halogens is 1. The normalized spacial score (nSPS) is 13.8. The molecule has 0 aliphatic carbocycles. The van der Waals surface area contributed by atoms with E-state index >= 15 is 0 Å². The second-order valence-corrected chi connectivity index (χ2v) is 6.26. The monoisotopic (exact) mass is 460 g/mol. The number of guanidine groups is 1. The van der Waals surface area contributed by atoms with Gasteiger partial charge in [0.05, 0.1) is 5.69 Å². The first-order valence-corrected chi connectivity index (χ1v) is 8.58. The van der Waals surface area contributed by atoms with E-state index in [0.29, 0.717) is 12.5 Å². The van der Waals surface area contributed by atoms with Gasteiger partial charge in [0, 0.05) is 26.7 Å². The molecule has 0 fully saturated rings. The third-order valence-corrected chi connectivity index (χ3v) is 3.90. The van der Waals surface area contributed by atoms with E-state index in [2.05, 4.69) is 29.5 Å². The van der Waals surface area contributed by atoms with E-state index in [-0.39, 0.29) is 36.5 Å². The minimum atomic E-state index is 0. The quantitative estimate of drug-likeness (QED) is 0.284. The van der Waals surface area contributed by atoms with Crippen molar-refractivity contribution in [1.82, 2.24) is 10.6 Å². The van der Waals surface area contributed by atoms with Gasteiger partial charge in [-0.15, -0.1) is 24.0 Å². The van der Waals surface area contributed by atoms with Gasteiger partial charge in [0.15, 0.2) is 12.6 Å². The van der Waals surface area contributed by atoms with Crippen LogP contribution in [0.1, 0.15) is 26.7 Å². The molecule has 140 valence electrons. The largest absolute Gasteiger partial charge is 0.482 e. The van der Waals surface area contributed by atoms with Crippen LogP contribution in [0.25, 0.3) is 0 Å². The predicted octanol–water partition coefficient (Wildman–Crippen LogP) is 2.63. The third kappa shape index (κ3) is 6.72. The van der Waals surface area contributed by atoms with Crippen molar-refractivity contribution in [2.45, 2.75) is 26.7 Å². The van der Waals surface area contributed by atoms with E-state index in [0.717, 1.165) is 43.3 Å².